The van der Waals surface area contributed by atoms with E-state index in [9.17, 15) is 4.79 Å². The van der Waals surface area contributed by atoms with Gasteiger partial charge in [0, 0.05) is 13.7 Å². The second kappa shape index (κ2) is 4.09. The van der Waals surface area contributed by atoms with Crippen molar-refractivity contribution in [3.63, 3.8) is 0 Å². The van der Waals surface area contributed by atoms with Crippen LogP contribution in [0.25, 0.3) is 0 Å². The second-order valence-corrected chi connectivity index (χ2v) is 4.06. The number of hydrogen-bond donors (Lipinski definition) is 1. The van der Waals surface area contributed by atoms with E-state index in [1.54, 1.807) is 7.11 Å². The van der Waals surface area contributed by atoms with Crippen molar-refractivity contribution < 1.29 is 9.53 Å². The van der Waals surface area contributed by atoms with Crippen LogP contribution in [0.1, 0.15) is 26.7 Å². The second-order valence-electron chi connectivity index (χ2n) is 4.06. The number of ether oxygens (including phenoxy) is 1. The van der Waals surface area contributed by atoms with Gasteiger partial charge in [-0.25, -0.2) is 0 Å². The lowest BCUT2D eigenvalue weighted by Gasteiger charge is -2.18. The lowest BCUT2D eigenvalue weighted by molar-refractivity contribution is -0.128. The maximum absolute atomic E-state index is 11.7. The van der Waals surface area contributed by atoms with E-state index in [1.165, 1.54) is 0 Å². The number of nitrogens with one attached hydrogen (secondary N) is 1. The summed E-state index contributed by atoms with van der Waals surface area (Å²) in [5.74, 6) is 0.662. The van der Waals surface area contributed by atoms with Crippen LogP contribution >= 0.6 is 0 Å². The molecule has 1 N–H and O–H groups in total. The molecule has 3 heteroatoms. The molecule has 13 heavy (non-hydrogen) atoms. The van der Waals surface area contributed by atoms with Crippen molar-refractivity contribution >= 4 is 5.91 Å². The third kappa shape index (κ3) is 2.21. The van der Waals surface area contributed by atoms with Gasteiger partial charge in [0.2, 0.25) is 5.91 Å². The van der Waals surface area contributed by atoms with Gasteiger partial charge in [0.25, 0.3) is 0 Å². The van der Waals surface area contributed by atoms with E-state index in [0.717, 1.165) is 12.8 Å². The SMILES string of the molecule is COCCNC(=O)C1(C(C)C)CC1. The highest BCUT2D eigenvalue weighted by Crippen LogP contribution is 2.51. The molecule has 0 aromatic carbocycles. The summed E-state index contributed by atoms with van der Waals surface area (Å²) in [5.41, 5.74) is -0.0479. The molecule has 0 aliphatic heterocycles. The van der Waals surface area contributed by atoms with Crippen molar-refractivity contribution in [2.45, 2.75) is 26.7 Å². The predicted octanol–water partition coefficient (Wildman–Crippen LogP) is 1.19. The van der Waals surface area contributed by atoms with E-state index in [2.05, 4.69) is 19.2 Å². The van der Waals surface area contributed by atoms with Crippen molar-refractivity contribution in [1.29, 1.82) is 0 Å². The zero-order valence-electron chi connectivity index (χ0n) is 8.72. The van der Waals surface area contributed by atoms with Crippen molar-refractivity contribution in [1.82, 2.24) is 5.32 Å². The number of rotatable bonds is 5. The van der Waals surface area contributed by atoms with E-state index in [-0.39, 0.29) is 11.3 Å². The Morgan fingerprint density at radius 3 is 2.54 bits per heavy atom. The molecule has 0 spiro atoms. The first-order valence-corrected chi connectivity index (χ1v) is 4.91. The fraction of sp³-hybridized carbons (Fsp3) is 0.900. The Kier molecular flexibility index (Phi) is 3.31. The Morgan fingerprint density at radius 1 is 1.54 bits per heavy atom. The topological polar surface area (TPSA) is 38.3 Å². The minimum absolute atomic E-state index is 0.0479. The van der Waals surface area contributed by atoms with Crippen molar-refractivity contribution in [3.05, 3.63) is 0 Å². The molecule has 76 valence electrons. The molecule has 0 radical (unpaired) electrons. The fourth-order valence-corrected chi connectivity index (χ4v) is 1.64. The molecule has 0 heterocycles. The minimum atomic E-state index is -0.0479. The quantitative estimate of drug-likeness (QED) is 0.653. The van der Waals surface area contributed by atoms with Gasteiger partial charge in [-0.15, -0.1) is 0 Å². The molecule has 1 aliphatic rings. The highest BCUT2D eigenvalue weighted by atomic mass is 16.5. The number of amides is 1. The van der Waals surface area contributed by atoms with Crippen LogP contribution in [0.3, 0.4) is 0 Å². The summed E-state index contributed by atoms with van der Waals surface area (Å²) in [6.45, 7) is 5.45. The monoisotopic (exact) mass is 185 g/mol. The Labute approximate surface area is 79.8 Å². The van der Waals surface area contributed by atoms with Gasteiger partial charge in [-0.2, -0.15) is 0 Å². The minimum Gasteiger partial charge on any atom is -0.383 e. The zero-order valence-corrected chi connectivity index (χ0v) is 8.72. The van der Waals surface area contributed by atoms with Gasteiger partial charge in [0.1, 0.15) is 0 Å². The molecule has 0 bridgehead atoms. The van der Waals surface area contributed by atoms with E-state index in [4.69, 9.17) is 4.74 Å². The summed E-state index contributed by atoms with van der Waals surface area (Å²) < 4.78 is 4.87. The third-order valence-corrected chi connectivity index (χ3v) is 2.94. The summed E-state index contributed by atoms with van der Waals surface area (Å²) in [5, 5.41) is 2.90. The molecule has 0 atom stereocenters. The Morgan fingerprint density at radius 2 is 2.15 bits per heavy atom. The lowest BCUT2D eigenvalue weighted by atomic mass is 9.91. The predicted molar refractivity (Wildman–Crippen MR) is 51.4 cm³/mol. The van der Waals surface area contributed by atoms with Gasteiger partial charge < -0.3 is 10.1 Å². The molecule has 1 fully saturated rings. The molecule has 1 aliphatic carbocycles. The molecular formula is C10H19NO2. The van der Waals surface area contributed by atoms with Crippen molar-refractivity contribution in [3.8, 4) is 0 Å². The highest BCUT2D eigenvalue weighted by Gasteiger charge is 2.51. The summed E-state index contributed by atoms with van der Waals surface area (Å²) in [6, 6.07) is 0. The largest absolute Gasteiger partial charge is 0.383 e. The lowest BCUT2D eigenvalue weighted by Crippen LogP contribution is -2.36. The number of hydrogen-bond acceptors (Lipinski definition) is 2. The van der Waals surface area contributed by atoms with Crippen LogP contribution in [0.5, 0.6) is 0 Å². The zero-order chi connectivity index (χ0) is 9.90. The summed E-state index contributed by atoms with van der Waals surface area (Å²) in [7, 11) is 1.64. The van der Waals surface area contributed by atoms with Crippen molar-refractivity contribution in [2.24, 2.45) is 11.3 Å². The molecule has 0 aromatic heterocycles. The fourth-order valence-electron chi connectivity index (χ4n) is 1.64. The smallest absolute Gasteiger partial charge is 0.226 e. The maximum Gasteiger partial charge on any atom is 0.226 e. The Hall–Kier alpha value is -0.570. The first-order valence-electron chi connectivity index (χ1n) is 4.91. The van der Waals surface area contributed by atoms with Crippen LogP contribution in [0.4, 0.5) is 0 Å². The van der Waals surface area contributed by atoms with Crippen LogP contribution in [-0.2, 0) is 9.53 Å². The Bertz CT molecular complexity index is 185. The van der Waals surface area contributed by atoms with Gasteiger partial charge in [-0.1, -0.05) is 13.8 Å². The molecule has 0 unspecified atom stereocenters. The molecule has 0 saturated heterocycles. The van der Waals surface area contributed by atoms with E-state index in [1.807, 2.05) is 0 Å². The van der Waals surface area contributed by atoms with Gasteiger partial charge in [-0.05, 0) is 18.8 Å². The molecule has 1 rings (SSSR count). The van der Waals surface area contributed by atoms with Gasteiger partial charge in [-0.3, -0.25) is 4.79 Å². The van der Waals surface area contributed by atoms with Gasteiger partial charge in [0.05, 0.1) is 12.0 Å². The van der Waals surface area contributed by atoms with E-state index >= 15 is 0 Å². The average molecular weight is 185 g/mol. The van der Waals surface area contributed by atoms with Crippen LogP contribution in [0.2, 0.25) is 0 Å². The van der Waals surface area contributed by atoms with Gasteiger partial charge in [0.15, 0.2) is 0 Å². The molecule has 1 amide bonds. The standard InChI is InChI=1S/C10H19NO2/c1-8(2)10(4-5-10)9(12)11-6-7-13-3/h8H,4-7H2,1-3H3,(H,11,12). The van der Waals surface area contributed by atoms with Crippen LogP contribution in [0.15, 0.2) is 0 Å². The van der Waals surface area contributed by atoms with Crippen LogP contribution < -0.4 is 5.32 Å². The molecule has 1 saturated carbocycles. The molecule has 3 nitrogen and oxygen atoms in total. The van der Waals surface area contributed by atoms with E-state index < -0.39 is 0 Å². The first kappa shape index (κ1) is 10.5. The molecular weight excluding hydrogens is 166 g/mol. The first-order chi connectivity index (χ1) is 6.13. The van der Waals surface area contributed by atoms with E-state index in [0.29, 0.717) is 19.1 Å². The normalized spacial score (nSPS) is 18.8. The number of carbonyl (C=O) groups excluding carboxylic acids is 1. The number of methoxy groups -OCH3 is 1. The average Bonchev–Trinajstić information content (AvgIpc) is 2.84. The number of carbonyl (C=O) groups is 1. The summed E-state index contributed by atoms with van der Waals surface area (Å²) in [4.78, 5) is 11.7. The summed E-state index contributed by atoms with van der Waals surface area (Å²) in [6.07, 6.45) is 2.09. The third-order valence-electron chi connectivity index (χ3n) is 2.94. The Balaban J connectivity index is 2.31. The highest BCUT2D eigenvalue weighted by molar-refractivity contribution is 5.85. The molecule has 0 aromatic rings. The van der Waals surface area contributed by atoms with Crippen LogP contribution in [-0.4, -0.2) is 26.2 Å². The van der Waals surface area contributed by atoms with Gasteiger partial charge >= 0.3 is 0 Å². The summed E-state index contributed by atoms with van der Waals surface area (Å²) >= 11 is 0. The van der Waals surface area contributed by atoms with Crippen molar-refractivity contribution in [2.75, 3.05) is 20.3 Å². The van der Waals surface area contributed by atoms with Crippen LogP contribution in [0, 0.1) is 11.3 Å². The maximum atomic E-state index is 11.7.